The van der Waals surface area contributed by atoms with E-state index >= 15 is 0 Å². The Kier molecular flexibility index (Phi) is 3.37. The number of sulfonamides is 1. The fraction of sp³-hybridized carbons (Fsp3) is 0.455. The molecule has 0 radical (unpaired) electrons. The lowest BCUT2D eigenvalue weighted by molar-refractivity contribution is 0.0313. The summed E-state index contributed by atoms with van der Waals surface area (Å²) in [5.41, 5.74) is 6.72. The molecule has 0 saturated carbocycles. The number of nitrogens with two attached hydrogens (primary N) is 1. The number of rotatable bonds is 2. The molecule has 0 atom stereocenters. The molecular formula is C11H16N2O3S. The molecule has 1 aromatic carbocycles. The Morgan fingerprint density at radius 2 is 2.18 bits per heavy atom. The second kappa shape index (κ2) is 4.64. The quantitative estimate of drug-likeness (QED) is 0.799. The first kappa shape index (κ1) is 12.3. The van der Waals surface area contributed by atoms with Crippen molar-refractivity contribution in [1.82, 2.24) is 4.31 Å². The number of anilines is 1. The molecule has 5 nitrogen and oxygen atoms in total. The number of hydrogen-bond donors (Lipinski definition) is 1. The summed E-state index contributed by atoms with van der Waals surface area (Å²) in [4.78, 5) is 0.200. The van der Waals surface area contributed by atoms with Crippen molar-refractivity contribution < 1.29 is 13.2 Å². The standard InChI is InChI=1S/C11H16N2O3S/c1-9-4-2-5-10(12)11(9)17(14,15)13-6-3-7-16-8-13/h2,4-5H,3,6-8,12H2,1H3. The van der Waals surface area contributed by atoms with Gasteiger partial charge in [-0.1, -0.05) is 12.1 Å². The highest BCUT2D eigenvalue weighted by atomic mass is 32.2. The molecular weight excluding hydrogens is 240 g/mol. The minimum atomic E-state index is -3.54. The van der Waals surface area contributed by atoms with Crippen molar-refractivity contribution in [1.29, 1.82) is 0 Å². The average Bonchev–Trinajstić information content (AvgIpc) is 2.29. The maximum absolute atomic E-state index is 12.4. The molecule has 0 bridgehead atoms. The van der Waals surface area contributed by atoms with E-state index in [1.165, 1.54) is 4.31 Å². The van der Waals surface area contributed by atoms with Crippen LogP contribution in [0.25, 0.3) is 0 Å². The van der Waals surface area contributed by atoms with Crippen LogP contribution >= 0.6 is 0 Å². The van der Waals surface area contributed by atoms with Crippen molar-refractivity contribution in [3.05, 3.63) is 23.8 Å². The molecule has 1 heterocycles. The van der Waals surface area contributed by atoms with Crippen LogP contribution in [0.4, 0.5) is 5.69 Å². The topological polar surface area (TPSA) is 72.6 Å². The zero-order chi connectivity index (χ0) is 12.5. The molecule has 6 heteroatoms. The molecule has 0 unspecified atom stereocenters. The minimum absolute atomic E-state index is 0.107. The summed E-state index contributed by atoms with van der Waals surface area (Å²) in [6, 6.07) is 5.09. The minimum Gasteiger partial charge on any atom is -0.398 e. The van der Waals surface area contributed by atoms with Gasteiger partial charge in [-0.25, -0.2) is 8.42 Å². The summed E-state index contributed by atoms with van der Waals surface area (Å²) in [5.74, 6) is 0. The van der Waals surface area contributed by atoms with Crippen LogP contribution in [0.1, 0.15) is 12.0 Å². The monoisotopic (exact) mass is 256 g/mol. The first-order chi connectivity index (χ1) is 8.03. The molecule has 1 aliphatic heterocycles. The summed E-state index contributed by atoms with van der Waals surface area (Å²) in [6.45, 7) is 2.94. The van der Waals surface area contributed by atoms with E-state index in [0.717, 1.165) is 0 Å². The van der Waals surface area contributed by atoms with E-state index in [2.05, 4.69) is 0 Å². The van der Waals surface area contributed by atoms with Gasteiger partial charge in [0.05, 0.1) is 5.69 Å². The molecule has 94 valence electrons. The van der Waals surface area contributed by atoms with Gasteiger partial charge in [0.1, 0.15) is 11.6 Å². The smallest absolute Gasteiger partial charge is 0.247 e. The first-order valence-corrected chi connectivity index (χ1v) is 6.90. The Labute approximate surface area is 101 Å². The van der Waals surface area contributed by atoms with Crippen LogP contribution in [0.3, 0.4) is 0 Å². The van der Waals surface area contributed by atoms with Gasteiger partial charge in [0.25, 0.3) is 0 Å². The van der Waals surface area contributed by atoms with Gasteiger partial charge >= 0.3 is 0 Å². The third-order valence-electron chi connectivity index (χ3n) is 2.77. The third-order valence-corrected chi connectivity index (χ3v) is 4.81. The van der Waals surface area contributed by atoms with Crippen molar-refractivity contribution in [2.24, 2.45) is 0 Å². The predicted octanol–water partition coefficient (Wildman–Crippen LogP) is 0.946. The van der Waals surface area contributed by atoms with Gasteiger partial charge in [0, 0.05) is 13.2 Å². The zero-order valence-corrected chi connectivity index (χ0v) is 10.5. The largest absolute Gasteiger partial charge is 0.398 e. The fourth-order valence-electron chi connectivity index (χ4n) is 1.92. The summed E-state index contributed by atoms with van der Waals surface area (Å²) in [6.07, 6.45) is 0.713. The Bertz CT molecular complexity index is 487. The average molecular weight is 256 g/mol. The molecule has 2 N–H and O–H groups in total. The van der Waals surface area contributed by atoms with Gasteiger partial charge in [-0.2, -0.15) is 4.31 Å². The van der Waals surface area contributed by atoms with Crippen molar-refractivity contribution in [2.45, 2.75) is 18.2 Å². The van der Waals surface area contributed by atoms with Gasteiger partial charge < -0.3 is 10.5 Å². The third kappa shape index (κ3) is 2.29. The van der Waals surface area contributed by atoms with Crippen LogP contribution in [0.15, 0.2) is 23.1 Å². The number of hydrogen-bond acceptors (Lipinski definition) is 4. The van der Waals surface area contributed by atoms with E-state index in [4.69, 9.17) is 10.5 Å². The van der Waals surface area contributed by atoms with Gasteiger partial charge in [-0.15, -0.1) is 0 Å². The number of ether oxygens (including phenoxy) is 1. The molecule has 0 aliphatic carbocycles. The van der Waals surface area contributed by atoms with Gasteiger partial charge in [0.2, 0.25) is 10.0 Å². The Balaban J connectivity index is 2.44. The van der Waals surface area contributed by atoms with Crippen LogP contribution in [-0.4, -0.2) is 32.6 Å². The lowest BCUT2D eigenvalue weighted by atomic mass is 10.2. The van der Waals surface area contributed by atoms with E-state index in [-0.39, 0.29) is 17.3 Å². The van der Waals surface area contributed by atoms with Crippen molar-refractivity contribution in [3.8, 4) is 0 Å². The van der Waals surface area contributed by atoms with Crippen LogP contribution in [0, 0.1) is 6.92 Å². The van der Waals surface area contributed by atoms with Crippen LogP contribution in [-0.2, 0) is 14.8 Å². The van der Waals surface area contributed by atoms with E-state index in [1.54, 1.807) is 25.1 Å². The van der Waals surface area contributed by atoms with Crippen molar-refractivity contribution in [3.63, 3.8) is 0 Å². The molecule has 1 aromatic rings. The van der Waals surface area contributed by atoms with Crippen molar-refractivity contribution in [2.75, 3.05) is 25.6 Å². The summed E-state index contributed by atoms with van der Waals surface area (Å²) in [5, 5.41) is 0. The maximum Gasteiger partial charge on any atom is 0.247 e. The molecule has 1 aliphatic rings. The number of nitrogens with zero attached hydrogens (tertiary/aromatic N) is 1. The normalized spacial score (nSPS) is 18.2. The Hall–Kier alpha value is -1.11. The molecule has 2 rings (SSSR count). The fourth-order valence-corrected chi connectivity index (χ4v) is 3.60. The predicted molar refractivity (Wildman–Crippen MR) is 64.9 cm³/mol. The molecule has 1 saturated heterocycles. The van der Waals surface area contributed by atoms with E-state index in [0.29, 0.717) is 25.1 Å². The zero-order valence-electron chi connectivity index (χ0n) is 9.72. The van der Waals surface area contributed by atoms with Crippen molar-refractivity contribution >= 4 is 15.7 Å². The van der Waals surface area contributed by atoms with Crippen LogP contribution in [0.2, 0.25) is 0 Å². The Morgan fingerprint density at radius 3 is 2.76 bits per heavy atom. The van der Waals surface area contributed by atoms with Gasteiger partial charge in [-0.05, 0) is 25.0 Å². The summed E-state index contributed by atoms with van der Waals surface area (Å²) >= 11 is 0. The number of aryl methyl sites for hydroxylation is 1. The van der Waals surface area contributed by atoms with Crippen LogP contribution < -0.4 is 5.73 Å². The molecule has 1 fully saturated rings. The Morgan fingerprint density at radius 1 is 1.41 bits per heavy atom. The SMILES string of the molecule is Cc1cccc(N)c1S(=O)(=O)N1CCCOC1. The van der Waals surface area contributed by atoms with E-state index in [1.807, 2.05) is 0 Å². The number of benzene rings is 1. The highest BCUT2D eigenvalue weighted by Crippen LogP contribution is 2.26. The highest BCUT2D eigenvalue weighted by Gasteiger charge is 2.29. The second-order valence-corrected chi connectivity index (χ2v) is 5.94. The molecule has 0 spiro atoms. The lowest BCUT2D eigenvalue weighted by Gasteiger charge is -2.27. The van der Waals surface area contributed by atoms with Crippen LogP contribution in [0.5, 0.6) is 0 Å². The van der Waals surface area contributed by atoms with E-state index in [9.17, 15) is 8.42 Å². The van der Waals surface area contributed by atoms with Gasteiger partial charge in [-0.3, -0.25) is 0 Å². The van der Waals surface area contributed by atoms with E-state index < -0.39 is 10.0 Å². The van der Waals surface area contributed by atoms with Gasteiger partial charge in [0.15, 0.2) is 0 Å². The number of nitrogen functional groups attached to an aromatic ring is 1. The first-order valence-electron chi connectivity index (χ1n) is 5.46. The summed E-state index contributed by atoms with van der Waals surface area (Å²) in [7, 11) is -3.54. The molecule has 0 aromatic heterocycles. The molecule has 17 heavy (non-hydrogen) atoms. The highest BCUT2D eigenvalue weighted by molar-refractivity contribution is 7.89. The lowest BCUT2D eigenvalue weighted by Crippen LogP contribution is -2.38. The second-order valence-electron chi connectivity index (χ2n) is 4.06. The molecule has 0 amide bonds. The summed E-state index contributed by atoms with van der Waals surface area (Å²) < 4.78 is 31.3. The maximum atomic E-state index is 12.4.